The second-order valence-electron chi connectivity index (χ2n) is 6.27. The molecule has 2 aromatic carbocycles. The van der Waals surface area contributed by atoms with Crippen molar-refractivity contribution in [2.75, 3.05) is 19.8 Å². The molecule has 0 unspecified atom stereocenters. The number of imidazole rings is 1. The molecular weight excluding hydrogens is 368 g/mol. The van der Waals surface area contributed by atoms with E-state index in [0.29, 0.717) is 30.6 Å². The van der Waals surface area contributed by atoms with E-state index in [1.165, 1.54) is 0 Å². The Balaban J connectivity index is 1.58. The molecule has 1 saturated heterocycles. The first kappa shape index (κ1) is 18.0. The van der Waals surface area contributed by atoms with Gasteiger partial charge in [0.05, 0.1) is 30.9 Å². The molecule has 6 nitrogen and oxygen atoms in total. The number of aromatic nitrogens is 2. The van der Waals surface area contributed by atoms with Crippen molar-refractivity contribution in [1.29, 1.82) is 0 Å². The molecule has 3 aromatic rings. The van der Waals surface area contributed by atoms with Crippen LogP contribution in [-0.4, -0.2) is 41.4 Å². The van der Waals surface area contributed by atoms with Gasteiger partial charge in [-0.3, -0.25) is 0 Å². The molecule has 2 heterocycles. The topological polar surface area (TPSA) is 62.6 Å². The van der Waals surface area contributed by atoms with Crippen molar-refractivity contribution in [3.63, 3.8) is 0 Å². The van der Waals surface area contributed by atoms with E-state index in [0.717, 1.165) is 16.6 Å². The summed E-state index contributed by atoms with van der Waals surface area (Å²) in [5.74, 6) is 0.215. The molecule has 0 bridgehead atoms. The summed E-state index contributed by atoms with van der Waals surface area (Å²) < 4.78 is 18.1. The van der Waals surface area contributed by atoms with E-state index >= 15 is 0 Å². The fraction of sp³-hybridized carbons (Fsp3) is 0.300. The van der Waals surface area contributed by atoms with E-state index < -0.39 is 12.1 Å². The van der Waals surface area contributed by atoms with Gasteiger partial charge in [-0.1, -0.05) is 41.9 Å². The number of carbonyl (C=O) groups excluding carboxylic acids is 1. The highest BCUT2D eigenvalue weighted by Gasteiger charge is 2.25. The second kappa shape index (κ2) is 8.08. The van der Waals surface area contributed by atoms with Gasteiger partial charge in [0, 0.05) is 11.6 Å². The minimum absolute atomic E-state index is 0.0534. The third-order valence-corrected chi connectivity index (χ3v) is 4.63. The number of nitrogens with zero attached hydrogens (tertiary/aromatic N) is 2. The van der Waals surface area contributed by atoms with Gasteiger partial charge in [0.2, 0.25) is 0 Å². The maximum atomic E-state index is 12.2. The van der Waals surface area contributed by atoms with Crippen LogP contribution in [0.4, 0.5) is 0 Å². The lowest BCUT2D eigenvalue weighted by Gasteiger charge is -2.21. The Bertz CT molecular complexity index is 936. The van der Waals surface area contributed by atoms with Crippen molar-refractivity contribution in [2.45, 2.75) is 19.3 Å². The molecule has 0 aliphatic carbocycles. The zero-order valence-corrected chi connectivity index (χ0v) is 15.4. The lowest BCUT2D eigenvalue weighted by molar-refractivity contribution is -0.172. The Morgan fingerprint density at radius 1 is 1.22 bits per heavy atom. The van der Waals surface area contributed by atoms with Crippen molar-refractivity contribution in [1.82, 2.24) is 9.55 Å². The molecule has 1 aliphatic rings. The van der Waals surface area contributed by atoms with Crippen LogP contribution in [0.15, 0.2) is 48.5 Å². The van der Waals surface area contributed by atoms with Gasteiger partial charge in [-0.05, 0) is 23.8 Å². The highest BCUT2D eigenvalue weighted by atomic mass is 35.5. The van der Waals surface area contributed by atoms with Crippen molar-refractivity contribution in [3.8, 4) is 0 Å². The number of hydrogen-bond donors (Lipinski definition) is 0. The number of hydrogen-bond acceptors (Lipinski definition) is 5. The van der Waals surface area contributed by atoms with Crippen LogP contribution in [0, 0.1) is 0 Å². The van der Waals surface area contributed by atoms with E-state index in [-0.39, 0.29) is 13.2 Å². The van der Waals surface area contributed by atoms with Crippen molar-refractivity contribution in [3.05, 3.63) is 64.9 Å². The predicted octanol–water partition coefficient (Wildman–Crippen LogP) is 3.20. The van der Waals surface area contributed by atoms with Crippen molar-refractivity contribution in [2.24, 2.45) is 0 Å². The summed E-state index contributed by atoms with van der Waals surface area (Å²) >= 11 is 6.10. The molecule has 140 valence electrons. The minimum Gasteiger partial charge on any atom is -0.456 e. The average Bonchev–Trinajstić information content (AvgIpc) is 3.04. The number of carbonyl (C=O) groups is 1. The zero-order valence-electron chi connectivity index (χ0n) is 14.6. The number of benzene rings is 2. The van der Waals surface area contributed by atoms with Gasteiger partial charge >= 0.3 is 5.97 Å². The Kier molecular flexibility index (Phi) is 5.38. The molecule has 1 atom stereocenters. The van der Waals surface area contributed by atoms with Crippen LogP contribution in [0.25, 0.3) is 11.0 Å². The van der Waals surface area contributed by atoms with Gasteiger partial charge in [-0.2, -0.15) is 0 Å². The minimum atomic E-state index is -0.680. The summed E-state index contributed by atoms with van der Waals surface area (Å²) in [7, 11) is 0. The SMILES string of the molecule is O=C(OCc1nc2cc(Cl)ccc2n1Cc1ccccc1)[C@H]1COCCO1. The molecule has 0 N–H and O–H groups in total. The largest absolute Gasteiger partial charge is 0.456 e. The van der Waals surface area contributed by atoms with Crippen LogP contribution < -0.4 is 0 Å². The van der Waals surface area contributed by atoms with E-state index in [4.69, 9.17) is 25.8 Å². The van der Waals surface area contributed by atoms with Crippen LogP contribution in [0.5, 0.6) is 0 Å². The van der Waals surface area contributed by atoms with E-state index in [1.807, 2.05) is 53.1 Å². The number of halogens is 1. The fourth-order valence-electron chi connectivity index (χ4n) is 3.06. The monoisotopic (exact) mass is 386 g/mol. The van der Waals surface area contributed by atoms with Gasteiger partial charge in [0.1, 0.15) is 12.4 Å². The summed E-state index contributed by atoms with van der Waals surface area (Å²) in [6.07, 6.45) is -0.680. The van der Waals surface area contributed by atoms with Crippen LogP contribution in [0.1, 0.15) is 11.4 Å². The molecule has 1 aromatic heterocycles. The first-order valence-corrected chi connectivity index (χ1v) is 9.13. The van der Waals surface area contributed by atoms with Gasteiger partial charge in [0.25, 0.3) is 0 Å². The van der Waals surface area contributed by atoms with E-state index in [1.54, 1.807) is 0 Å². The number of ether oxygens (including phenoxy) is 3. The molecule has 1 fully saturated rings. The lowest BCUT2D eigenvalue weighted by atomic mass is 10.2. The first-order chi connectivity index (χ1) is 13.2. The average molecular weight is 387 g/mol. The summed E-state index contributed by atoms with van der Waals surface area (Å²) in [5, 5.41) is 0.614. The fourth-order valence-corrected chi connectivity index (χ4v) is 3.22. The van der Waals surface area contributed by atoms with Crippen molar-refractivity contribution < 1.29 is 19.0 Å². The highest BCUT2D eigenvalue weighted by molar-refractivity contribution is 6.31. The molecular formula is C20H19ClN2O4. The van der Waals surface area contributed by atoms with Crippen LogP contribution >= 0.6 is 11.6 Å². The highest BCUT2D eigenvalue weighted by Crippen LogP contribution is 2.22. The Morgan fingerprint density at radius 2 is 2.07 bits per heavy atom. The third-order valence-electron chi connectivity index (χ3n) is 4.40. The molecule has 0 spiro atoms. The molecule has 7 heteroatoms. The summed E-state index contributed by atoms with van der Waals surface area (Å²) in [6.45, 7) is 1.78. The molecule has 4 rings (SSSR count). The molecule has 27 heavy (non-hydrogen) atoms. The van der Waals surface area contributed by atoms with Crippen molar-refractivity contribution >= 4 is 28.6 Å². The number of esters is 1. The summed E-state index contributed by atoms with van der Waals surface area (Å²) in [6, 6.07) is 15.6. The van der Waals surface area contributed by atoms with Gasteiger partial charge in [0.15, 0.2) is 6.10 Å². The predicted molar refractivity (Wildman–Crippen MR) is 101 cm³/mol. The second-order valence-corrected chi connectivity index (χ2v) is 6.71. The molecule has 0 saturated carbocycles. The third kappa shape index (κ3) is 4.13. The first-order valence-electron chi connectivity index (χ1n) is 8.75. The zero-order chi connectivity index (χ0) is 18.6. The molecule has 0 radical (unpaired) electrons. The number of fused-ring (bicyclic) bond motifs is 1. The summed E-state index contributed by atoms with van der Waals surface area (Å²) in [5.41, 5.74) is 2.83. The van der Waals surface area contributed by atoms with E-state index in [9.17, 15) is 4.79 Å². The van der Waals surface area contributed by atoms with Gasteiger partial charge in [-0.15, -0.1) is 0 Å². The Morgan fingerprint density at radius 3 is 2.85 bits per heavy atom. The van der Waals surface area contributed by atoms with Crippen LogP contribution in [0.2, 0.25) is 5.02 Å². The lowest BCUT2D eigenvalue weighted by Crippen LogP contribution is -2.36. The summed E-state index contributed by atoms with van der Waals surface area (Å²) in [4.78, 5) is 16.8. The standard InChI is InChI=1S/C20H19ClN2O4/c21-15-6-7-17-16(10-15)22-19(23(17)11-14-4-2-1-3-5-14)13-27-20(24)18-12-25-8-9-26-18/h1-7,10,18H,8-9,11-13H2/t18-/m1/s1. The quantitative estimate of drug-likeness (QED) is 0.630. The van der Waals surface area contributed by atoms with E-state index in [2.05, 4.69) is 4.98 Å². The van der Waals surface area contributed by atoms with Crippen LogP contribution in [-0.2, 0) is 32.2 Å². The molecule has 1 aliphatic heterocycles. The van der Waals surface area contributed by atoms with Gasteiger partial charge < -0.3 is 18.8 Å². The van der Waals surface area contributed by atoms with Gasteiger partial charge in [-0.25, -0.2) is 9.78 Å². The Hall–Kier alpha value is -2.41. The maximum absolute atomic E-state index is 12.2. The maximum Gasteiger partial charge on any atom is 0.338 e. The van der Waals surface area contributed by atoms with Crippen LogP contribution in [0.3, 0.4) is 0 Å². The smallest absolute Gasteiger partial charge is 0.338 e. The number of rotatable bonds is 5. The Labute approximate surface area is 161 Å². The molecule has 0 amide bonds. The normalized spacial score (nSPS) is 17.1.